The molecule has 1 saturated heterocycles. The Bertz CT molecular complexity index is 478. The van der Waals surface area contributed by atoms with Crippen molar-refractivity contribution in [3.05, 3.63) is 17.5 Å². The molecule has 1 aromatic rings. The minimum Gasteiger partial charge on any atom is -0.359 e. The van der Waals surface area contributed by atoms with Crippen molar-refractivity contribution in [3.63, 3.8) is 0 Å². The minimum atomic E-state index is -0.00952. The van der Waals surface area contributed by atoms with Crippen molar-refractivity contribution in [1.29, 1.82) is 0 Å². The van der Waals surface area contributed by atoms with Gasteiger partial charge in [-0.15, -0.1) is 0 Å². The number of nitrogens with zero attached hydrogens (tertiary/aromatic N) is 3. The second-order valence-corrected chi connectivity index (χ2v) is 6.56. The topological polar surface area (TPSA) is 61.6 Å². The SMILES string of the molecule is Cc1cc(CNC(=O)N2CCC(CN(C)C(C)C)CC2)on1. The molecule has 6 heteroatoms. The highest BCUT2D eigenvalue weighted by molar-refractivity contribution is 5.74. The summed E-state index contributed by atoms with van der Waals surface area (Å²) in [5.74, 6) is 1.38. The van der Waals surface area contributed by atoms with E-state index >= 15 is 0 Å². The molecule has 2 heterocycles. The van der Waals surface area contributed by atoms with Crippen molar-refractivity contribution in [2.24, 2.45) is 5.92 Å². The molecule has 2 rings (SSSR count). The standard InChI is InChI=1S/C16H28N4O2/c1-12(2)19(4)11-14-5-7-20(8-6-14)16(21)17-10-15-9-13(3)18-22-15/h9,12,14H,5-8,10-11H2,1-4H3,(H,17,21). The van der Waals surface area contributed by atoms with Crippen LogP contribution in [0.25, 0.3) is 0 Å². The smallest absolute Gasteiger partial charge is 0.317 e. The van der Waals surface area contributed by atoms with Crippen LogP contribution in [0.2, 0.25) is 0 Å². The molecule has 6 nitrogen and oxygen atoms in total. The summed E-state index contributed by atoms with van der Waals surface area (Å²) in [5.41, 5.74) is 0.833. The Balaban J connectivity index is 1.70. The maximum absolute atomic E-state index is 12.2. The Labute approximate surface area is 132 Å². The summed E-state index contributed by atoms with van der Waals surface area (Å²) >= 11 is 0. The van der Waals surface area contributed by atoms with Gasteiger partial charge < -0.3 is 19.6 Å². The lowest BCUT2D eigenvalue weighted by atomic mass is 9.96. The maximum atomic E-state index is 12.2. The lowest BCUT2D eigenvalue weighted by molar-refractivity contribution is 0.145. The Morgan fingerprint density at radius 3 is 2.73 bits per heavy atom. The molecule has 1 fully saturated rings. The zero-order chi connectivity index (χ0) is 16.1. The van der Waals surface area contributed by atoms with Crippen LogP contribution in [-0.4, -0.2) is 53.7 Å². The monoisotopic (exact) mass is 308 g/mol. The second kappa shape index (κ2) is 7.63. The molecule has 0 aliphatic carbocycles. The van der Waals surface area contributed by atoms with Crippen LogP contribution in [0.5, 0.6) is 0 Å². The molecule has 0 radical (unpaired) electrons. The molecular weight excluding hydrogens is 280 g/mol. The molecule has 0 saturated carbocycles. The number of hydrogen-bond donors (Lipinski definition) is 1. The van der Waals surface area contributed by atoms with Crippen molar-refractivity contribution in [3.8, 4) is 0 Å². The van der Waals surface area contributed by atoms with Gasteiger partial charge in [0, 0.05) is 31.7 Å². The summed E-state index contributed by atoms with van der Waals surface area (Å²) in [7, 11) is 2.17. The molecule has 0 atom stereocenters. The van der Waals surface area contributed by atoms with Gasteiger partial charge in [0.05, 0.1) is 12.2 Å². The summed E-state index contributed by atoms with van der Waals surface area (Å²) in [6.07, 6.45) is 2.15. The van der Waals surface area contributed by atoms with Crippen molar-refractivity contribution >= 4 is 6.03 Å². The molecule has 0 bridgehead atoms. The first-order valence-electron chi connectivity index (χ1n) is 8.11. The van der Waals surface area contributed by atoms with Crippen LogP contribution in [0.15, 0.2) is 10.6 Å². The highest BCUT2D eigenvalue weighted by Crippen LogP contribution is 2.19. The van der Waals surface area contributed by atoms with Gasteiger partial charge in [0.2, 0.25) is 0 Å². The van der Waals surface area contributed by atoms with Crippen LogP contribution in [-0.2, 0) is 6.54 Å². The molecule has 124 valence electrons. The first kappa shape index (κ1) is 16.8. The number of hydrogen-bond acceptors (Lipinski definition) is 4. The van der Waals surface area contributed by atoms with Crippen molar-refractivity contribution < 1.29 is 9.32 Å². The summed E-state index contributed by atoms with van der Waals surface area (Å²) in [6, 6.07) is 2.41. The first-order chi connectivity index (χ1) is 10.5. The van der Waals surface area contributed by atoms with Gasteiger partial charge in [0.25, 0.3) is 0 Å². The molecule has 22 heavy (non-hydrogen) atoms. The molecule has 0 spiro atoms. The highest BCUT2D eigenvalue weighted by atomic mass is 16.5. The largest absolute Gasteiger partial charge is 0.359 e. The van der Waals surface area contributed by atoms with Gasteiger partial charge in [-0.25, -0.2) is 4.79 Å². The summed E-state index contributed by atoms with van der Waals surface area (Å²) in [4.78, 5) is 16.4. The van der Waals surface area contributed by atoms with E-state index in [4.69, 9.17) is 4.52 Å². The van der Waals surface area contributed by atoms with Gasteiger partial charge in [-0.3, -0.25) is 0 Å². The van der Waals surface area contributed by atoms with E-state index in [2.05, 4.69) is 36.3 Å². The molecule has 0 unspecified atom stereocenters. The lowest BCUT2D eigenvalue weighted by Gasteiger charge is -2.34. The summed E-state index contributed by atoms with van der Waals surface area (Å²) < 4.78 is 5.10. The lowest BCUT2D eigenvalue weighted by Crippen LogP contribution is -2.46. The van der Waals surface area contributed by atoms with Crippen LogP contribution >= 0.6 is 0 Å². The predicted octanol–water partition coefficient (Wildman–Crippen LogP) is 2.24. The number of amides is 2. The number of urea groups is 1. The zero-order valence-electron chi connectivity index (χ0n) is 14.1. The normalized spacial score (nSPS) is 16.5. The number of aryl methyl sites for hydroxylation is 1. The van der Waals surface area contributed by atoms with Gasteiger partial charge in [0.1, 0.15) is 0 Å². The Kier molecular flexibility index (Phi) is 5.83. The third-order valence-electron chi connectivity index (χ3n) is 4.42. The minimum absolute atomic E-state index is 0.00952. The third-order valence-corrected chi connectivity index (χ3v) is 4.42. The fourth-order valence-electron chi connectivity index (χ4n) is 2.71. The second-order valence-electron chi connectivity index (χ2n) is 6.56. The average molecular weight is 308 g/mol. The van der Waals surface area contributed by atoms with E-state index in [0.29, 0.717) is 24.3 Å². The molecule has 1 aliphatic heterocycles. The molecule has 1 aromatic heterocycles. The number of aromatic nitrogens is 1. The Morgan fingerprint density at radius 2 is 2.18 bits per heavy atom. The maximum Gasteiger partial charge on any atom is 0.317 e. The van der Waals surface area contributed by atoms with E-state index in [1.54, 1.807) is 0 Å². The number of likely N-dealkylation sites (tertiary alicyclic amines) is 1. The zero-order valence-corrected chi connectivity index (χ0v) is 14.1. The van der Waals surface area contributed by atoms with Crippen LogP contribution in [0.4, 0.5) is 4.79 Å². The number of nitrogens with one attached hydrogen (secondary N) is 1. The average Bonchev–Trinajstić information content (AvgIpc) is 2.91. The van der Waals surface area contributed by atoms with Gasteiger partial charge in [-0.1, -0.05) is 5.16 Å². The van der Waals surface area contributed by atoms with Gasteiger partial charge in [-0.05, 0) is 46.6 Å². The number of carbonyl (C=O) groups is 1. The van der Waals surface area contributed by atoms with Gasteiger partial charge >= 0.3 is 6.03 Å². The van der Waals surface area contributed by atoms with E-state index in [1.165, 1.54) is 0 Å². The van der Waals surface area contributed by atoms with Crippen LogP contribution in [0, 0.1) is 12.8 Å². The van der Waals surface area contributed by atoms with Crippen LogP contribution in [0.3, 0.4) is 0 Å². The number of piperidine rings is 1. The van der Waals surface area contributed by atoms with Crippen LogP contribution in [0.1, 0.15) is 38.1 Å². The van der Waals surface area contributed by atoms with Gasteiger partial charge in [-0.2, -0.15) is 0 Å². The third kappa shape index (κ3) is 4.73. The predicted molar refractivity (Wildman–Crippen MR) is 85.5 cm³/mol. The summed E-state index contributed by atoms with van der Waals surface area (Å²) in [5, 5.41) is 6.71. The summed E-state index contributed by atoms with van der Waals surface area (Å²) in [6.45, 7) is 9.48. The molecule has 1 aliphatic rings. The molecule has 1 N–H and O–H groups in total. The number of carbonyl (C=O) groups excluding carboxylic acids is 1. The van der Waals surface area contributed by atoms with Crippen molar-refractivity contribution in [2.45, 2.75) is 46.2 Å². The molecule has 2 amide bonds. The molecular formula is C16H28N4O2. The fourth-order valence-corrected chi connectivity index (χ4v) is 2.71. The van der Waals surface area contributed by atoms with Crippen molar-refractivity contribution in [1.82, 2.24) is 20.3 Å². The Hall–Kier alpha value is -1.56. The Morgan fingerprint density at radius 1 is 1.50 bits per heavy atom. The van der Waals surface area contributed by atoms with E-state index in [9.17, 15) is 4.79 Å². The van der Waals surface area contributed by atoms with Gasteiger partial charge in [0.15, 0.2) is 5.76 Å². The van der Waals surface area contributed by atoms with E-state index in [0.717, 1.165) is 38.2 Å². The quantitative estimate of drug-likeness (QED) is 0.906. The van der Waals surface area contributed by atoms with Crippen LogP contribution < -0.4 is 5.32 Å². The van der Waals surface area contributed by atoms with E-state index in [1.807, 2.05) is 17.9 Å². The highest BCUT2D eigenvalue weighted by Gasteiger charge is 2.24. The van der Waals surface area contributed by atoms with E-state index < -0.39 is 0 Å². The number of rotatable bonds is 5. The van der Waals surface area contributed by atoms with Crippen molar-refractivity contribution in [2.75, 3.05) is 26.7 Å². The molecule has 0 aromatic carbocycles. The van der Waals surface area contributed by atoms with E-state index in [-0.39, 0.29) is 6.03 Å². The fraction of sp³-hybridized carbons (Fsp3) is 0.750. The first-order valence-corrected chi connectivity index (χ1v) is 8.11.